The minimum Gasteiger partial charge on any atom is -0.490 e. The van der Waals surface area contributed by atoms with Gasteiger partial charge in [-0.3, -0.25) is 10.2 Å². The molecule has 2 aliphatic heterocycles. The number of urea groups is 1. The minimum absolute atomic E-state index is 0.00721. The van der Waals surface area contributed by atoms with Crippen LogP contribution in [0.3, 0.4) is 0 Å². The Morgan fingerprint density at radius 2 is 1.95 bits per heavy atom. The average Bonchev–Trinajstić information content (AvgIpc) is 3.42. The van der Waals surface area contributed by atoms with E-state index in [1.54, 1.807) is 11.0 Å². The van der Waals surface area contributed by atoms with Gasteiger partial charge in [-0.25, -0.2) is 19.7 Å². The predicted molar refractivity (Wildman–Crippen MR) is 156 cm³/mol. The number of halogens is 3. The number of aliphatic hydroxyl groups excluding tert-OH is 1. The Hall–Kier alpha value is -3.93. The number of nitrogens with one attached hydrogen (secondary N) is 1. The monoisotopic (exact) mass is 586 g/mol. The quantitative estimate of drug-likeness (QED) is 0.291. The first-order valence-corrected chi connectivity index (χ1v) is 14.3. The van der Waals surface area contributed by atoms with Gasteiger partial charge < -0.3 is 14.7 Å². The maximum Gasteiger partial charge on any atom is 0.416 e. The molecule has 1 aromatic carbocycles. The molecule has 0 saturated carbocycles. The highest BCUT2D eigenvalue weighted by Gasteiger charge is 2.41. The topological polar surface area (TPSA) is 104 Å². The van der Waals surface area contributed by atoms with Crippen LogP contribution in [0.25, 0.3) is 11.3 Å². The molecule has 12 heteroatoms. The molecule has 4 heterocycles. The lowest BCUT2D eigenvalue weighted by molar-refractivity contribution is -0.137. The van der Waals surface area contributed by atoms with Gasteiger partial charge in [0, 0.05) is 31.7 Å². The molecule has 0 spiro atoms. The zero-order chi connectivity index (χ0) is 30.4. The largest absolute Gasteiger partial charge is 0.490 e. The van der Waals surface area contributed by atoms with Crippen molar-refractivity contribution in [3.63, 3.8) is 0 Å². The zero-order valence-corrected chi connectivity index (χ0v) is 24.3. The number of amides is 2. The molecular weight excluding hydrogens is 549 g/mol. The number of carbonyl (C=O) groups is 1. The number of anilines is 3. The third kappa shape index (κ3) is 6.59. The Bertz CT molecular complexity index is 1370. The summed E-state index contributed by atoms with van der Waals surface area (Å²) in [5.74, 6) is 0.924. The van der Waals surface area contributed by atoms with E-state index in [-0.39, 0.29) is 24.5 Å². The molecule has 42 heavy (non-hydrogen) atoms. The van der Waals surface area contributed by atoms with Crippen LogP contribution < -0.4 is 19.9 Å². The number of carbonyl (C=O) groups excluding carboxylic acids is 1. The predicted octanol–water partition coefficient (Wildman–Crippen LogP) is 6.49. The van der Waals surface area contributed by atoms with Crippen LogP contribution in [0, 0.1) is 0 Å². The number of pyridine rings is 1. The third-order valence-corrected chi connectivity index (χ3v) is 7.35. The van der Waals surface area contributed by atoms with Crippen LogP contribution in [0.4, 0.5) is 35.4 Å². The van der Waals surface area contributed by atoms with E-state index in [1.807, 2.05) is 33.8 Å². The highest BCUT2D eigenvalue weighted by atomic mass is 19.4. The van der Waals surface area contributed by atoms with Crippen molar-refractivity contribution in [1.29, 1.82) is 0 Å². The van der Waals surface area contributed by atoms with Crippen LogP contribution in [0.1, 0.15) is 64.0 Å². The average molecular weight is 587 g/mol. The molecule has 2 unspecified atom stereocenters. The van der Waals surface area contributed by atoms with Gasteiger partial charge in [-0.1, -0.05) is 39.8 Å². The molecule has 5 rings (SSSR count). The summed E-state index contributed by atoms with van der Waals surface area (Å²) >= 11 is 0. The van der Waals surface area contributed by atoms with Gasteiger partial charge in [0.1, 0.15) is 0 Å². The fourth-order valence-electron chi connectivity index (χ4n) is 5.06. The van der Waals surface area contributed by atoms with Crippen molar-refractivity contribution >= 4 is 23.5 Å². The van der Waals surface area contributed by atoms with Gasteiger partial charge in [0.05, 0.1) is 42.0 Å². The SMILES string of the molecule is CC.CCC(C)c1cc2c(nc1-c1cccc(C(F)(F)F)c1)N(C(=O)Nc1ncc(OCCCO)cn1)C1CCN2C1. The van der Waals surface area contributed by atoms with Gasteiger partial charge in [0.2, 0.25) is 5.95 Å². The lowest BCUT2D eigenvalue weighted by Crippen LogP contribution is -2.48. The number of benzene rings is 1. The first-order valence-electron chi connectivity index (χ1n) is 14.3. The van der Waals surface area contributed by atoms with Crippen molar-refractivity contribution in [2.45, 2.75) is 65.1 Å². The molecule has 2 N–H and O–H groups in total. The van der Waals surface area contributed by atoms with Gasteiger partial charge in [0.25, 0.3) is 0 Å². The highest BCUT2D eigenvalue weighted by molar-refractivity contribution is 6.04. The Morgan fingerprint density at radius 1 is 1.21 bits per heavy atom. The van der Waals surface area contributed by atoms with Crippen molar-refractivity contribution in [3.05, 3.63) is 53.9 Å². The lowest BCUT2D eigenvalue weighted by Gasteiger charge is -2.36. The Morgan fingerprint density at radius 3 is 2.62 bits per heavy atom. The molecule has 2 amide bonds. The first-order chi connectivity index (χ1) is 20.2. The summed E-state index contributed by atoms with van der Waals surface area (Å²) in [5.41, 5.74) is 1.65. The molecule has 0 radical (unpaired) electrons. The van der Waals surface area contributed by atoms with Crippen molar-refractivity contribution in [2.24, 2.45) is 0 Å². The summed E-state index contributed by atoms with van der Waals surface area (Å²) in [7, 11) is 0. The smallest absolute Gasteiger partial charge is 0.416 e. The molecule has 0 aliphatic carbocycles. The summed E-state index contributed by atoms with van der Waals surface area (Å²) in [6.07, 6.45) is 0.347. The van der Waals surface area contributed by atoms with Crippen LogP contribution in [-0.2, 0) is 6.18 Å². The van der Waals surface area contributed by atoms with E-state index in [0.717, 1.165) is 42.8 Å². The number of aromatic nitrogens is 3. The molecule has 9 nitrogen and oxygen atoms in total. The maximum atomic E-state index is 13.6. The van der Waals surface area contributed by atoms with Gasteiger partial charge in [-0.2, -0.15) is 13.2 Å². The van der Waals surface area contributed by atoms with E-state index in [9.17, 15) is 18.0 Å². The van der Waals surface area contributed by atoms with Gasteiger partial charge in [0.15, 0.2) is 11.6 Å². The van der Waals surface area contributed by atoms with E-state index in [0.29, 0.717) is 42.4 Å². The van der Waals surface area contributed by atoms with Gasteiger partial charge in [-0.05, 0) is 42.5 Å². The van der Waals surface area contributed by atoms with Crippen molar-refractivity contribution in [1.82, 2.24) is 15.0 Å². The number of nitrogens with zero attached hydrogens (tertiary/aromatic N) is 5. The van der Waals surface area contributed by atoms with E-state index in [2.05, 4.69) is 20.2 Å². The molecule has 1 saturated heterocycles. The van der Waals surface area contributed by atoms with Crippen LogP contribution in [0.2, 0.25) is 0 Å². The second-order valence-electron chi connectivity index (χ2n) is 10.0. The number of alkyl halides is 3. The first kappa shape index (κ1) is 31.0. The van der Waals surface area contributed by atoms with Gasteiger partial charge in [-0.15, -0.1) is 0 Å². The van der Waals surface area contributed by atoms with Crippen LogP contribution in [-0.4, -0.2) is 58.4 Å². The summed E-state index contributed by atoms with van der Waals surface area (Å²) < 4.78 is 46.1. The van der Waals surface area contributed by atoms with E-state index in [4.69, 9.17) is 14.8 Å². The van der Waals surface area contributed by atoms with E-state index in [1.165, 1.54) is 18.5 Å². The summed E-state index contributed by atoms with van der Waals surface area (Å²) in [6, 6.07) is 6.50. The van der Waals surface area contributed by atoms with Crippen molar-refractivity contribution < 1.29 is 27.8 Å². The summed E-state index contributed by atoms with van der Waals surface area (Å²) in [6.45, 7) is 9.73. The molecule has 1 fully saturated rings. The second-order valence-corrected chi connectivity index (χ2v) is 10.0. The highest BCUT2D eigenvalue weighted by Crippen LogP contribution is 2.44. The second kappa shape index (κ2) is 13.4. The summed E-state index contributed by atoms with van der Waals surface area (Å²) in [4.78, 5) is 30.6. The van der Waals surface area contributed by atoms with Crippen molar-refractivity contribution in [3.8, 4) is 17.0 Å². The molecule has 3 aromatic rings. The van der Waals surface area contributed by atoms with Crippen molar-refractivity contribution in [2.75, 3.05) is 41.4 Å². The number of hydrogen-bond acceptors (Lipinski definition) is 7. The Balaban J connectivity index is 0.00000198. The number of aliphatic hydroxyl groups is 1. The summed E-state index contributed by atoms with van der Waals surface area (Å²) in [5, 5.41) is 11.6. The Kier molecular flexibility index (Phi) is 9.87. The van der Waals surface area contributed by atoms with E-state index >= 15 is 0 Å². The zero-order valence-electron chi connectivity index (χ0n) is 24.3. The van der Waals surface area contributed by atoms with E-state index < -0.39 is 17.8 Å². The molecular formula is C30H37F3N6O3. The number of ether oxygens (including phenoxy) is 1. The number of rotatable bonds is 8. The standard InChI is InChI=1S/C28H31F3N6O3.C2H6/c1-3-17(2)22-13-23-25(34-24(22)18-6-4-7-19(12-18)28(29,30)31)37(20-8-9-36(23)16-20)27(39)35-26-32-14-21(15-33-26)40-11-5-10-38;1-2/h4,6-7,12-15,17,20,38H,3,5,8-11,16H2,1-2H3,(H,32,33,35,39);1-2H3. The van der Waals surface area contributed by atoms with Gasteiger partial charge >= 0.3 is 12.2 Å². The maximum absolute atomic E-state index is 13.6. The molecule has 2 atom stereocenters. The number of fused-ring (bicyclic) bond motifs is 4. The molecule has 2 aromatic heterocycles. The van der Waals surface area contributed by atoms with Crippen LogP contribution in [0.5, 0.6) is 5.75 Å². The van der Waals surface area contributed by atoms with Crippen LogP contribution in [0.15, 0.2) is 42.7 Å². The van der Waals surface area contributed by atoms with Crippen LogP contribution >= 0.6 is 0 Å². The third-order valence-electron chi connectivity index (χ3n) is 7.35. The molecule has 2 aliphatic rings. The lowest BCUT2D eigenvalue weighted by atomic mass is 9.92. The minimum atomic E-state index is -4.49. The molecule has 2 bridgehead atoms. The fourth-order valence-corrected chi connectivity index (χ4v) is 5.06. The normalized spacial score (nSPS) is 16.3. The number of hydrogen-bond donors (Lipinski definition) is 2. The molecule has 226 valence electrons. The fraction of sp³-hybridized carbons (Fsp3) is 0.467. The Labute approximate surface area is 243 Å².